The lowest BCUT2D eigenvalue weighted by atomic mass is 9.93. The summed E-state index contributed by atoms with van der Waals surface area (Å²) >= 11 is 0. The minimum Gasteiger partial charge on any atom is -0.455 e. The molecule has 0 bridgehead atoms. The van der Waals surface area contributed by atoms with E-state index in [1.54, 1.807) is 0 Å². The number of Topliss-reactive ketones (excluding diaryl/α,β-unsaturated/α-hetero) is 1. The van der Waals surface area contributed by atoms with Crippen LogP contribution in [0.15, 0.2) is 30.3 Å². The monoisotopic (exact) mass is 334 g/mol. The Hall–Kier alpha value is -1.93. The Labute approximate surface area is 131 Å². The van der Waals surface area contributed by atoms with Crippen LogP contribution in [0.4, 0.5) is 13.2 Å². The van der Waals surface area contributed by atoms with Crippen molar-refractivity contribution in [2.75, 3.05) is 13.7 Å². The summed E-state index contributed by atoms with van der Waals surface area (Å²) in [7, 11) is 0.727. The number of ketones is 1. The number of benzene rings is 1. The van der Waals surface area contributed by atoms with Crippen molar-refractivity contribution in [3.63, 3.8) is 0 Å². The van der Waals surface area contributed by atoms with E-state index in [1.165, 1.54) is 25.1 Å². The molecule has 0 unspecified atom stereocenters. The zero-order valence-corrected chi connectivity index (χ0v) is 12.6. The van der Waals surface area contributed by atoms with Gasteiger partial charge in [0.05, 0.1) is 0 Å². The van der Waals surface area contributed by atoms with Gasteiger partial charge in [-0.2, -0.15) is 13.2 Å². The fourth-order valence-corrected chi connectivity index (χ4v) is 1.95. The van der Waals surface area contributed by atoms with Crippen molar-refractivity contribution < 1.29 is 37.3 Å². The van der Waals surface area contributed by atoms with Crippen molar-refractivity contribution in [1.29, 1.82) is 0 Å². The molecule has 0 saturated carbocycles. The van der Waals surface area contributed by atoms with Gasteiger partial charge in [-0.1, -0.05) is 37.3 Å². The first kappa shape index (κ1) is 19.1. The number of ether oxygens (including phenoxy) is 2. The van der Waals surface area contributed by atoms with E-state index < -0.39 is 41.8 Å². The van der Waals surface area contributed by atoms with Gasteiger partial charge in [-0.15, -0.1) is 0 Å². The molecule has 8 heteroatoms. The lowest BCUT2D eigenvalue weighted by Crippen LogP contribution is -2.52. The summed E-state index contributed by atoms with van der Waals surface area (Å²) in [5, 5.41) is 9.28. The summed E-state index contributed by atoms with van der Waals surface area (Å²) in [4.78, 5) is 23.5. The third-order valence-corrected chi connectivity index (χ3v) is 3.28. The number of alkyl halides is 3. The minimum absolute atomic E-state index is 0.0593. The van der Waals surface area contributed by atoms with Gasteiger partial charge in [0.1, 0.15) is 6.10 Å². The minimum atomic E-state index is -5.10. The van der Waals surface area contributed by atoms with Gasteiger partial charge in [0.2, 0.25) is 0 Å². The van der Waals surface area contributed by atoms with Crippen LogP contribution in [0.2, 0.25) is 0 Å². The van der Waals surface area contributed by atoms with E-state index in [0.29, 0.717) is 0 Å². The highest BCUT2D eigenvalue weighted by Crippen LogP contribution is 2.42. The molecule has 1 aromatic rings. The molecule has 0 radical (unpaired) electrons. The van der Waals surface area contributed by atoms with E-state index in [-0.39, 0.29) is 6.42 Å². The summed E-state index contributed by atoms with van der Waals surface area (Å²) in [5.41, 5.74) is -3.81. The van der Waals surface area contributed by atoms with Gasteiger partial charge < -0.3 is 14.6 Å². The number of carbonyl (C=O) groups excluding carboxylic acids is 2. The van der Waals surface area contributed by atoms with Crippen LogP contribution in [-0.4, -0.2) is 42.9 Å². The van der Waals surface area contributed by atoms with E-state index in [0.717, 1.165) is 19.2 Å². The second-order valence-corrected chi connectivity index (χ2v) is 4.72. The van der Waals surface area contributed by atoms with E-state index in [1.807, 2.05) is 0 Å². The van der Waals surface area contributed by atoms with Crippen LogP contribution in [0.1, 0.15) is 18.9 Å². The van der Waals surface area contributed by atoms with Crippen molar-refractivity contribution in [2.45, 2.75) is 31.2 Å². The SMILES string of the molecule is CC[C@H](O)C(=O)COC(=O)[C@@](OC)(c1ccccc1)C(F)(F)F. The third kappa shape index (κ3) is 3.89. The molecule has 1 rings (SSSR count). The van der Waals surface area contributed by atoms with Crippen molar-refractivity contribution in [3.8, 4) is 0 Å². The Kier molecular flexibility index (Phi) is 6.28. The van der Waals surface area contributed by atoms with E-state index in [2.05, 4.69) is 9.47 Å². The second kappa shape index (κ2) is 7.56. The molecular weight excluding hydrogens is 317 g/mol. The van der Waals surface area contributed by atoms with Crippen LogP contribution in [0.25, 0.3) is 0 Å². The molecule has 0 amide bonds. The highest BCUT2D eigenvalue weighted by molar-refractivity contribution is 5.88. The van der Waals surface area contributed by atoms with Crippen LogP contribution in [0, 0.1) is 0 Å². The molecule has 1 aromatic carbocycles. The van der Waals surface area contributed by atoms with Gasteiger partial charge in [-0.05, 0) is 6.42 Å². The molecule has 0 fully saturated rings. The molecule has 0 aliphatic heterocycles. The Morgan fingerprint density at radius 1 is 1.22 bits per heavy atom. The summed E-state index contributed by atoms with van der Waals surface area (Å²) < 4.78 is 49.5. The van der Waals surface area contributed by atoms with Crippen LogP contribution >= 0.6 is 0 Å². The van der Waals surface area contributed by atoms with Gasteiger partial charge in [0.25, 0.3) is 5.60 Å². The smallest absolute Gasteiger partial charge is 0.432 e. The second-order valence-electron chi connectivity index (χ2n) is 4.72. The van der Waals surface area contributed by atoms with Crippen molar-refractivity contribution >= 4 is 11.8 Å². The van der Waals surface area contributed by atoms with Gasteiger partial charge in [0.15, 0.2) is 12.4 Å². The van der Waals surface area contributed by atoms with Crippen LogP contribution in [-0.2, 0) is 24.7 Å². The fraction of sp³-hybridized carbons (Fsp3) is 0.467. The quantitative estimate of drug-likeness (QED) is 0.772. The summed E-state index contributed by atoms with van der Waals surface area (Å²) in [5.74, 6) is -2.66. The Balaban J connectivity index is 3.11. The fourth-order valence-electron chi connectivity index (χ4n) is 1.95. The number of esters is 1. The molecule has 128 valence electrons. The number of hydrogen-bond acceptors (Lipinski definition) is 5. The molecular formula is C15H17F3O5. The maximum atomic E-state index is 13.5. The van der Waals surface area contributed by atoms with Crippen LogP contribution in [0.5, 0.6) is 0 Å². The topological polar surface area (TPSA) is 72.8 Å². The first-order chi connectivity index (χ1) is 10.7. The zero-order chi connectivity index (χ0) is 17.7. The van der Waals surface area contributed by atoms with Gasteiger partial charge in [0, 0.05) is 12.7 Å². The molecule has 0 aromatic heterocycles. The highest BCUT2D eigenvalue weighted by atomic mass is 19.4. The normalized spacial score (nSPS) is 15.6. The molecule has 0 heterocycles. The van der Waals surface area contributed by atoms with Gasteiger partial charge >= 0.3 is 12.1 Å². The number of aliphatic hydroxyl groups is 1. The number of aliphatic hydroxyl groups excluding tert-OH is 1. The largest absolute Gasteiger partial charge is 0.455 e. The number of carbonyl (C=O) groups is 2. The number of halogens is 3. The molecule has 0 saturated heterocycles. The summed E-state index contributed by atoms with van der Waals surface area (Å²) in [6.07, 6.45) is -6.45. The molecule has 2 atom stereocenters. The van der Waals surface area contributed by atoms with E-state index in [4.69, 9.17) is 0 Å². The molecule has 0 spiro atoms. The third-order valence-electron chi connectivity index (χ3n) is 3.28. The standard InChI is InChI=1S/C15H17F3O5/c1-3-11(19)12(20)9-23-13(21)14(22-2,15(16,17)18)10-7-5-4-6-8-10/h4-8,11,19H,3,9H2,1-2H3/t11-,14-/m0/s1. The average molecular weight is 334 g/mol. The van der Waals surface area contributed by atoms with Crippen molar-refractivity contribution in [2.24, 2.45) is 0 Å². The molecule has 1 N–H and O–H groups in total. The maximum absolute atomic E-state index is 13.5. The Morgan fingerprint density at radius 2 is 1.78 bits per heavy atom. The Morgan fingerprint density at radius 3 is 2.22 bits per heavy atom. The zero-order valence-electron chi connectivity index (χ0n) is 12.6. The van der Waals surface area contributed by atoms with Gasteiger partial charge in [-0.3, -0.25) is 4.79 Å². The molecule has 0 aliphatic carbocycles. The first-order valence-corrected chi connectivity index (χ1v) is 6.76. The number of hydrogen-bond donors (Lipinski definition) is 1. The van der Waals surface area contributed by atoms with Gasteiger partial charge in [-0.25, -0.2) is 4.79 Å². The molecule has 5 nitrogen and oxygen atoms in total. The highest BCUT2D eigenvalue weighted by Gasteiger charge is 2.64. The Bertz CT molecular complexity index is 544. The predicted octanol–water partition coefficient (Wildman–Crippen LogP) is 1.97. The molecule has 0 aliphatic rings. The summed E-state index contributed by atoms with van der Waals surface area (Å²) in [6, 6.07) is 6.25. The van der Waals surface area contributed by atoms with Crippen molar-refractivity contribution in [1.82, 2.24) is 0 Å². The first-order valence-electron chi connectivity index (χ1n) is 6.76. The van der Waals surface area contributed by atoms with Crippen LogP contribution in [0.3, 0.4) is 0 Å². The predicted molar refractivity (Wildman–Crippen MR) is 73.4 cm³/mol. The summed E-state index contributed by atoms with van der Waals surface area (Å²) in [6.45, 7) is 0.533. The van der Waals surface area contributed by atoms with E-state index >= 15 is 0 Å². The number of methoxy groups -OCH3 is 1. The van der Waals surface area contributed by atoms with Crippen molar-refractivity contribution in [3.05, 3.63) is 35.9 Å². The molecule has 23 heavy (non-hydrogen) atoms. The lowest BCUT2D eigenvalue weighted by molar-refractivity contribution is -0.276. The maximum Gasteiger partial charge on any atom is 0.432 e. The lowest BCUT2D eigenvalue weighted by Gasteiger charge is -2.32. The van der Waals surface area contributed by atoms with E-state index in [9.17, 15) is 27.9 Å². The average Bonchev–Trinajstić information content (AvgIpc) is 2.52. The van der Waals surface area contributed by atoms with Crippen LogP contribution < -0.4 is 0 Å². The number of rotatable bonds is 7.